The maximum absolute atomic E-state index is 12.1. The lowest BCUT2D eigenvalue weighted by atomic mass is 10.0. The molecule has 3 rings (SSSR count). The minimum Gasteiger partial charge on any atom is -0.508 e. The van der Waals surface area contributed by atoms with Crippen LogP contribution >= 0.6 is 0 Å². The Kier molecular flexibility index (Phi) is 5.79. The Hall–Kier alpha value is -3.54. The first-order valence-corrected chi connectivity index (χ1v) is 8.77. The Bertz CT molecular complexity index is 1090. The Labute approximate surface area is 161 Å². The van der Waals surface area contributed by atoms with Gasteiger partial charge in [0.15, 0.2) is 0 Å². The maximum Gasteiger partial charge on any atom is 0.336 e. The van der Waals surface area contributed by atoms with Crippen molar-refractivity contribution in [2.24, 2.45) is 0 Å². The lowest BCUT2D eigenvalue weighted by Gasteiger charge is -2.08. The largest absolute Gasteiger partial charge is 0.508 e. The molecule has 1 aromatic heterocycles. The number of hydrogen-bond donors (Lipinski definition) is 1. The van der Waals surface area contributed by atoms with Crippen LogP contribution in [0.25, 0.3) is 17.0 Å². The number of aryl methyl sites for hydroxylation is 1. The first-order valence-electron chi connectivity index (χ1n) is 8.77. The van der Waals surface area contributed by atoms with Crippen LogP contribution in [0.4, 0.5) is 0 Å². The molecular formula is C22H20O6. The number of phenols is 1. The van der Waals surface area contributed by atoms with Crippen molar-refractivity contribution >= 4 is 23.0 Å². The van der Waals surface area contributed by atoms with Crippen molar-refractivity contribution in [2.75, 3.05) is 7.11 Å². The minimum atomic E-state index is -0.575. The molecule has 0 aliphatic heterocycles. The molecule has 3 aromatic rings. The van der Waals surface area contributed by atoms with Gasteiger partial charge in [-0.3, -0.25) is 0 Å². The first kappa shape index (κ1) is 19.2. The van der Waals surface area contributed by atoms with Crippen LogP contribution in [0.2, 0.25) is 0 Å². The van der Waals surface area contributed by atoms with Gasteiger partial charge in [0.25, 0.3) is 0 Å². The van der Waals surface area contributed by atoms with E-state index in [0.29, 0.717) is 28.7 Å². The summed E-state index contributed by atoms with van der Waals surface area (Å²) in [5.41, 5.74) is 1.70. The molecule has 0 aliphatic rings. The molecule has 0 saturated carbocycles. The van der Waals surface area contributed by atoms with Crippen LogP contribution in [-0.2, 0) is 22.6 Å². The van der Waals surface area contributed by atoms with Gasteiger partial charge in [-0.1, -0.05) is 19.1 Å². The summed E-state index contributed by atoms with van der Waals surface area (Å²) < 4.78 is 15.5. The van der Waals surface area contributed by atoms with Crippen LogP contribution < -0.4 is 10.4 Å². The van der Waals surface area contributed by atoms with Gasteiger partial charge in [-0.25, -0.2) is 9.59 Å². The topological polar surface area (TPSA) is 86.0 Å². The SMILES string of the molecule is CCc1cc2c(COC(=O)/C=C/c3cccc(OC)c3)cc(=O)oc2cc1O. The van der Waals surface area contributed by atoms with Gasteiger partial charge < -0.3 is 19.0 Å². The number of ether oxygens (including phenoxy) is 2. The van der Waals surface area contributed by atoms with E-state index < -0.39 is 11.6 Å². The van der Waals surface area contributed by atoms with Crippen LogP contribution in [0.5, 0.6) is 11.5 Å². The fourth-order valence-corrected chi connectivity index (χ4v) is 2.82. The summed E-state index contributed by atoms with van der Waals surface area (Å²) in [6.07, 6.45) is 3.55. The zero-order chi connectivity index (χ0) is 20.1. The fourth-order valence-electron chi connectivity index (χ4n) is 2.82. The number of benzene rings is 2. The summed E-state index contributed by atoms with van der Waals surface area (Å²) in [7, 11) is 1.57. The van der Waals surface area contributed by atoms with Gasteiger partial charge in [0, 0.05) is 29.2 Å². The molecule has 0 spiro atoms. The fraction of sp³-hybridized carbons (Fsp3) is 0.182. The van der Waals surface area contributed by atoms with Crippen LogP contribution in [-0.4, -0.2) is 18.2 Å². The molecule has 0 radical (unpaired) electrons. The molecule has 0 amide bonds. The normalized spacial score (nSPS) is 11.1. The number of esters is 1. The van der Waals surface area contributed by atoms with Gasteiger partial charge in [0.05, 0.1) is 7.11 Å². The van der Waals surface area contributed by atoms with E-state index in [9.17, 15) is 14.7 Å². The predicted molar refractivity (Wildman–Crippen MR) is 105 cm³/mol. The zero-order valence-electron chi connectivity index (χ0n) is 15.6. The smallest absolute Gasteiger partial charge is 0.336 e. The number of carbonyl (C=O) groups is 1. The van der Waals surface area contributed by atoms with E-state index in [1.165, 1.54) is 18.2 Å². The van der Waals surface area contributed by atoms with Gasteiger partial charge in [-0.2, -0.15) is 0 Å². The standard InChI is InChI=1S/C22H20O6/c1-3-15-10-18-16(11-22(25)28-20(18)12-19(15)23)13-27-21(24)8-7-14-5-4-6-17(9-14)26-2/h4-12,23H,3,13H2,1-2H3/b8-7+. The van der Waals surface area contributed by atoms with Crippen molar-refractivity contribution in [3.63, 3.8) is 0 Å². The second-order valence-electron chi connectivity index (χ2n) is 6.14. The van der Waals surface area contributed by atoms with Crippen molar-refractivity contribution in [1.29, 1.82) is 0 Å². The molecule has 6 heteroatoms. The minimum absolute atomic E-state index is 0.0634. The summed E-state index contributed by atoms with van der Waals surface area (Å²) >= 11 is 0. The van der Waals surface area contributed by atoms with E-state index in [1.54, 1.807) is 25.3 Å². The molecule has 0 bridgehead atoms. The highest BCUT2D eigenvalue weighted by Crippen LogP contribution is 2.27. The van der Waals surface area contributed by atoms with Crippen molar-refractivity contribution in [3.8, 4) is 11.5 Å². The Morgan fingerprint density at radius 1 is 1.18 bits per heavy atom. The summed E-state index contributed by atoms with van der Waals surface area (Å²) in [6.45, 7) is 1.82. The number of carbonyl (C=O) groups excluding carboxylic acids is 1. The quantitative estimate of drug-likeness (QED) is 0.397. The van der Waals surface area contributed by atoms with Crippen molar-refractivity contribution in [3.05, 3.63) is 75.7 Å². The molecule has 1 N–H and O–H groups in total. The van der Waals surface area contributed by atoms with Crippen molar-refractivity contribution in [2.45, 2.75) is 20.0 Å². The maximum atomic E-state index is 12.1. The van der Waals surface area contributed by atoms with Crippen LogP contribution in [0.15, 0.2) is 57.8 Å². The average Bonchev–Trinajstić information content (AvgIpc) is 2.70. The van der Waals surface area contributed by atoms with Crippen LogP contribution in [0.3, 0.4) is 0 Å². The van der Waals surface area contributed by atoms with E-state index >= 15 is 0 Å². The molecule has 1 heterocycles. The highest BCUT2D eigenvalue weighted by Gasteiger charge is 2.11. The Morgan fingerprint density at radius 3 is 2.75 bits per heavy atom. The van der Waals surface area contributed by atoms with Crippen molar-refractivity contribution in [1.82, 2.24) is 0 Å². The predicted octanol–water partition coefficient (Wildman–Crippen LogP) is 3.83. The molecule has 0 atom stereocenters. The molecule has 0 fully saturated rings. The lowest BCUT2D eigenvalue weighted by Crippen LogP contribution is -2.06. The molecule has 2 aromatic carbocycles. The van der Waals surface area contributed by atoms with E-state index in [0.717, 1.165) is 5.56 Å². The molecular weight excluding hydrogens is 360 g/mol. The highest BCUT2D eigenvalue weighted by atomic mass is 16.5. The van der Waals surface area contributed by atoms with Crippen molar-refractivity contribution < 1.29 is 23.8 Å². The monoisotopic (exact) mass is 380 g/mol. The number of fused-ring (bicyclic) bond motifs is 1. The number of methoxy groups -OCH3 is 1. The molecule has 28 heavy (non-hydrogen) atoms. The van der Waals surface area contributed by atoms with Gasteiger partial charge in [-0.15, -0.1) is 0 Å². The second-order valence-corrected chi connectivity index (χ2v) is 6.14. The summed E-state index contributed by atoms with van der Waals surface area (Å²) in [6, 6.07) is 11.7. The Morgan fingerprint density at radius 2 is 2.00 bits per heavy atom. The third-order valence-electron chi connectivity index (χ3n) is 4.29. The van der Waals surface area contributed by atoms with E-state index in [1.807, 2.05) is 25.1 Å². The van der Waals surface area contributed by atoms with Gasteiger partial charge >= 0.3 is 11.6 Å². The van der Waals surface area contributed by atoms with E-state index in [2.05, 4.69) is 0 Å². The zero-order valence-corrected chi connectivity index (χ0v) is 15.6. The first-order chi connectivity index (χ1) is 13.5. The van der Waals surface area contributed by atoms with E-state index in [4.69, 9.17) is 13.9 Å². The molecule has 0 unspecified atom stereocenters. The van der Waals surface area contributed by atoms with E-state index in [-0.39, 0.29) is 17.9 Å². The summed E-state index contributed by atoms with van der Waals surface area (Å²) in [5.74, 6) is 0.209. The van der Waals surface area contributed by atoms with Gasteiger partial charge in [-0.05, 0) is 41.8 Å². The molecule has 6 nitrogen and oxygen atoms in total. The number of aromatic hydroxyl groups is 1. The average molecular weight is 380 g/mol. The van der Waals surface area contributed by atoms with Crippen LogP contribution in [0.1, 0.15) is 23.6 Å². The molecule has 144 valence electrons. The van der Waals surface area contributed by atoms with Gasteiger partial charge in [0.1, 0.15) is 23.7 Å². The highest BCUT2D eigenvalue weighted by molar-refractivity contribution is 5.87. The second kappa shape index (κ2) is 8.43. The lowest BCUT2D eigenvalue weighted by molar-refractivity contribution is -0.138. The molecule has 0 aliphatic carbocycles. The Balaban J connectivity index is 1.78. The third kappa shape index (κ3) is 4.40. The number of phenolic OH excluding ortho intramolecular Hbond substituents is 1. The number of rotatable bonds is 6. The third-order valence-corrected chi connectivity index (χ3v) is 4.29. The summed E-state index contributed by atoms with van der Waals surface area (Å²) in [5, 5.41) is 10.6. The molecule has 0 saturated heterocycles. The summed E-state index contributed by atoms with van der Waals surface area (Å²) in [4.78, 5) is 23.8. The van der Waals surface area contributed by atoms with Crippen LogP contribution in [0, 0.1) is 0 Å². The number of hydrogen-bond acceptors (Lipinski definition) is 6. The van der Waals surface area contributed by atoms with Gasteiger partial charge in [0.2, 0.25) is 0 Å².